The molecule has 2 fully saturated rings. The summed E-state index contributed by atoms with van der Waals surface area (Å²) >= 11 is 0. The highest BCUT2D eigenvalue weighted by atomic mass is 16.5. The second kappa shape index (κ2) is 4.82. The second-order valence-electron chi connectivity index (χ2n) is 6.67. The normalized spacial score (nSPS) is 32.7. The first-order valence-corrected chi connectivity index (χ1v) is 7.85. The Balaban J connectivity index is 1.45. The van der Waals surface area contributed by atoms with E-state index < -0.39 is 6.10 Å². The number of benzene rings is 1. The Kier molecular flexibility index (Phi) is 3.05. The van der Waals surface area contributed by atoms with Crippen molar-refractivity contribution in [2.75, 3.05) is 13.2 Å². The topological polar surface area (TPSA) is 58.6 Å². The SMILES string of the molecule is O=C(NC1CC(O)c2ccccc21)C1CC12CCOCC2. The Morgan fingerprint density at radius 2 is 1.95 bits per heavy atom. The highest BCUT2D eigenvalue weighted by Gasteiger charge is 2.58. The predicted octanol–water partition coefficient (Wildman–Crippen LogP) is 2.10. The Morgan fingerprint density at radius 1 is 1.24 bits per heavy atom. The van der Waals surface area contributed by atoms with Gasteiger partial charge in [-0.2, -0.15) is 0 Å². The summed E-state index contributed by atoms with van der Waals surface area (Å²) in [5, 5.41) is 13.3. The van der Waals surface area contributed by atoms with Crippen LogP contribution < -0.4 is 5.32 Å². The molecule has 4 rings (SSSR count). The average molecular weight is 287 g/mol. The van der Waals surface area contributed by atoms with Gasteiger partial charge in [0.05, 0.1) is 12.1 Å². The lowest BCUT2D eigenvalue weighted by molar-refractivity contribution is -0.124. The van der Waals surface area contributed by atoms with E-state index in [0.29, 0.717) is 6.42 Å². The van der Waals surface area contributed by atoms with E-state index in [1.54, 1.807) is 0 Å². The molecule has 1 spiro atoms. The molecule has 1 amide bonds. The van der Waals surface area contributed by atoms with Crippen molar-refractivity contribution < 1.29 is 14.6 Å². The fourth-order valence-corrected chi connectivity index (χ4v) is 4.07. The summed E-state index contributed by atoms with van der Waals surface area (Å²) < 4.78 is 5.40. The van der Waals surface area contributed by atoms with Crippen LogP contribution in [-0.4, -0.2) is 24.2 Å². The maximum absolute atomic E-state index is 12.5. The van der Waals surface area contributed by atoms with Crippen LogP contribution in [0.25, 0.3) is 0 Å². The number of nitrogens with one attached hydrogen (secondary N) is 1. The lowest BCUT2D eigenvalue weighted by atomic mass is 9.93. The first-order valence-electron chi connectivity index (χ1n) is 7.85. The molecular weight excluding hydrogens is 266 g/mol. The van der Waals surface area contributed by atoms with Gasteiger partial charge in [0, 0.05) is 25.6 Å². The number of aliphatic hydroxyl groups is 1. The van der Waals surface area contributed by atoms with Gasteiger partial charge in [-0.25, -0.2) is 0 Å². The van der Waals surface area contributed by atoms with Gasteiger partial charge in [-0.3, -0.25) is 4.79 Å². The molecule has 0 radical (unpaired) electrons. The van der Waals surface area contributed by atoms with Gasteiger partial charge in [0.25, 0.3) is 0 Å². The minimum atomic E-state index is -0.456. The summed E-state index contributed by atoms with van der Waals surface area (Å²) in [4.78, 5) is 12.5. The van der Waals surface area contributed by atoms with Crippen LogP contribution in [0.4, 0.5) is 0 Å². The van der Waals surface area contributed by atoms with E-state index in [1.165, 1.54) is 0 Å². The Labute approximate surface area is 124 Å². The zero-order valence-electron chi connectivity index (χ0n) is 12.0. The molecule has 0 aromatic heterocycles. The number of fused-ring (bicyclic) bond motifs is 1. The second-order valence-corrected chi connectivity index (χ2v) is 6.67. The summed E-state index contributed by atoms with van der Waals surface area (Å²) in [6.07, 6.45) is 3.15. The third kappa shape index (κ3) is 2.17. The van der Waals surface area contributed by atoms with Crippen LogP contribution in [0.3, 0.4) is 0 Å². The number of rotatable bonds is 2. The molecule has 3 atom stereocenters. The van der Waals surface area contributed by atoms with Crippen LogP contribution in [0.5, 0.6) is 0 Å². The summed E-state index contributed by atoms with van der Waals surface area (Å²) in [6, 6.07) is 7.81. The van der Waals surface area contributed by atoms with Crippen molar-refractivity contribution in [1.29, 1.82) is 0 Å². The number of hydrogen-bond acceptors (Lipinski definition) is 3. The van der Waals surface area contributed by atoms with E-state index >= 15 is 0 Å². The molecule has 1 saturated carbocycles. The van der Waals surface area contributed by atoms with E-state index in [0.717, 1.165) is 43.6 Å². The molecule has 21 heavy (non-hydrogen) atoms. The van der Waals surface area contributed by atoms with Crippen LogP contribution in [-0.2, 0) is 9.53 Å². The van der Waals surface area contributed by atoms with Gasteiger partial charge in [0.1, 0.15) is 0 Å². The van der Waals surface area contributed by atoms with E-state index in [4.69, 9.17) is 4.74 Å². The number of carbonyl (C=O) groups is 1. The van der Waals surface area contributed by atoms with Crippen molar-refractivity contribution in [3.63, 3.8) is 0 Å². The molecular formula is C17H21NO3. The molecule has 2 N–H and O–H groups in total. The smallest absolute Gasteiger partial charge is 0.224 e. The van der Waals surface area contributed by atoms with Crippen molar-refractivity contribution >= 4 is 5.91 Å². The number of amides is 1. The fraction of sp³-hybridized carbons (Fsp3) is 0.588. The summed E-state index contributed by atoms with van der Waals surface area (Å²) in [5.41, 5.74) is 2.23. The first-order chi connectivity index (χ1) is 10.2. The molecule has 1 aromatic rings. The van der Waals surface area contributed by atoms with Gasteiger partial charge >= 0.3 is 0 Å². The molecule has 3 unspecified atom stereocenters. The molecule has 4 heteroatoms. The average Bonchev–Trinajstić information content (AvgIpc) is 3.10. The number of ether oxygens (including phenoxy) is 1. The lowest BCUT2D eigenvalue weighted by Crippen LogP contribution is -2.32. The maximum Gasteiger partial charge on any atom is 0.224 e. The largest absolute Gasteiger partial charge is 0.388 e. The molecule has 112 valence electrons. The highest BCUT2D eigenvalue weighted by molar-refractivity contribution is 5.83. The fourth-order valence-electron chi connectivity index (χ4n) is 4.07. The van der Waals surface area contributed by atoms with E-state index in [2.05, 4.69) is 5.32 Å². The Hall–Kier alpha value is -1.39. The van der Waals surface area contributed by atoms with Crippen LogP contribution in [0.1, 0.15) is 49.0 Å². The molecule has 1 aromatic carbocycles. The predicted molar refractivity (Wildman–Crippen MR) is 77.5 cm³/mol. The number of aliphatic hydroxyl groups excluding tert-OH is 1. The van der Waals surface area contributed by atoms with Crippen LogP contribution in [0, 0.1) is 11.3 Å². The third-order valence-electron chi connectivity index (χ3n) is 5.50. The molecule has 1 aliphatic heterocycles. The minimum Gasteiger partial charge on any atom is -0.388 e. The third-order valence-corrected chi connectivity index (χ3v) is 5.50. The molecule has 2 aliphatic carbocycles. The molecule has 1 heterocycles. The van der Waals surface area contributed by atoms with Gasteiger partial charge in [0.15, 0.2) is 0 Å². The zero-order chi connectivity index (χ0) is 14.4. The number of carbonyl (C=O) groups excluding carboxylic acids is 1. The molecule has 1 saturated heterocycles. The van der Waals surface area contributed by atoms with E-state index in [9.17, 15) is 9.90 Å². The van der Waals surface area contributed by atoms with Crippen molar-refractivity contribution in [3.8, 4) is 0 Å². The highest BCUT2D eigenvalue weighted by Crippen LogP contribution is 2.59. The van der Waals surface area contributed by atoms with Gasteiger partial charge in [-0.15, -0.1) is 0 Å². The lowest BCUT2D eigenvalue weighted by Gasteiger charge is -2.23. The zero-order valence-corrected chi connectivity index (χ0v) is 12.0. The van der Waals surface area contributed by atoms with E-state index in [1.807, 2.05) is 24.3 Å². The van der Waals surface area contributed by atoms with Crippen molar-refractivity contribution in [2.24, 2.45) is 11.3 Å². The maximum atomic E-state index is 12.5. The standard InChI is InChI=1S/C17H21NO3/c19-15-9-14(11-3-1-2-4-12(11)15)18-16(20)13-10-17(13)5-7-21-8-6-17/h1-4,13-15,19H,5-10H2,(H,18,20). The van der Waals surface area contributed by atoms with Crippen LogP contribution in [0.15, 0.2) is 24.3 Å². The van der Waals surface area contributed by atoms with E-state index in [-0.39, 0.29) is 23.3 Å². The number of hydrogen-bond donors (Lipinski definition) is 2. The monoisotopic (exact) mass is 287 g/mol. The molecule has 3 aliphatic rings. The first kappa shape index (κ1) is 13.3. The van der Waals surface area contributed by atoms with Crippen LogP contribution in [0.2, 0.25) is 0 Å². The Bertz CT molecular complexity index is 565. The Morgan fingerprint density at radius 3 is 2.71 bits per heavy atom. The summed E-state index contributed by atoms with van der Waals surface area (Å²) in [5.74, 6) is 0.303. The quantitative estimate of drug-likeness (QED) is 0.875. The van der Waals surface area contributed by atoms with Crippen molar-refractivity contribution in [2.45, 2.75) is 37.8 Å². The van der Waals surface area contributed by atoms with Gasteiger partial charge in [-0.05, 0) is 35.8 Å². The van der Waals surface area contributed by atoms with Crippen LogP contribution >= 0.6 is 0 Å². The van der Waals surface area contributed by atoms with Gasteiger partial charge < -0.3 is 15.2 Å². The van der Waals surface area contributed by atoms with Gasteiger partial charge in [0.2, 0.25) is 5.91 Å². The summed E-state index contributed by atoms with van der Waals surface area (Å²) in [6.45, 7) is 1.57. The molecule has 0 bridgehead atoms. The van der Waals surface area contributed by atoms with Crippen molar-refractivity contribution in [1.82, 2.24) is 5.32 Å². The summed E-state index contributed by atoms with van der Waals surface area (Å²) in [7, 11) is 0. The molecule has 4 nitrogen and oxygen atoms in total. The van der Waals surface area contributed by atoms with Crippen molar-refractivity contribution in [3.05, 3.63) is 35.4 Å². The van der Waals surface area contributed by atoms with Gasteiger partial charge in [-0.1, -0.05) is 24.3 Å². The minimum absolute atomic E-state index is 0.0406.